The minimum atomic E-state index is 0.828. The summed E-state index contributed by atoms with van der Waals surface area (Å²) in [5, 5.41) is 4.10. The molecular weight excluding hydrogens is 232 g/mol. The third-order valence-electron chi connectivity index (χ3n) is 3.62. The summed E-state index contributed by atoms with van der Waals surface area (Å²) in [6.07, 6.45) is 2.56. The maximum atomic E-state index is 6.37. The Hall–Kier alpha value is -0.730. The van der Waals surface area contributed by atoms with E-state index in [2.05, 4.69) is 23.2 Å². The van der Waals surface area contributed by atoms with Crippen molar-refractivity contribution >= 4 is 17.3 Å². The molecule has 0 aromatic heterocycles. The van der Waals surface area contributed by atoms with Gasteiger partial charge in [0.25, 0.3) is 0 Å². The van der Waals surface area contributed by atoms with Crippen LogP contribution in [0, 0.1) is 5.92 Å². The van der Waals surface area contributed by atoms with Gasteiger partial charge in [-0.1, -0.05) is 37.1 Å². The molecule has 1 saturated heterocycles. The van der Waals surface area contributed by atoms with Gasteiger partial charge in [-0.25, -0.2) is 0 Å². The lowest BCUT2D eigenvalue weighted by Crippen LogP contribution is -2.22. The first-order valence-electron chi connectivity index (χ1n) is 6.43. The van der Waals surface area contributed by atoms with Gasteiger partial charge in [0.05, 0.1) is 10.7 Å². The molecule has 94 valence electrons. The third kappa shape index (κ3) is 2.75. The first-order valence-corrected chi connectivity index (χ1v) is 6.81. The van der Waals surface area contributed by atoms with E-state index in [9.17, 15) is 0 Å². The third-order valence-corrected chi connectivity index (χ3v) is 3.92. The van der Waals surface area contributed by atoms with Crippen LogP contribution in [0.1, 0.15) is 25.3 Å². The van der Waals surface area contributed by atoms with E-state index < -0.39 is 0 Å². The summed E-state index contributed by atoms with van der Waals surface area (Å²) in [5.74, 6) is 0.828. The molecule has 1 aliphatic heterocycles. The molecule has 0 radical (unpaired) electrons. The molecule has 0 aliphatic carbocycles. The van der Waals surface area contributed by atoms with Gasteiger partial charge in [0.1, 0.15) is 0 Å². The van der Waals surface area contributed by atoms with E-state index in [1.54, 1.807) is 0 Å². The van der Waals surface area contributed by atoms with Crippen molar-refractivity contribution in [1.82, 2.24) is 5.32 Å². The maximum absolute atomic E-state index is 6.37. The molecule has 1 aromatic rings. The van der Waals surface area contributed by atoms with Crippen molar-refractivity contribution in [2.45, 2.75) is 26.3 Å². The first kappa shape index (κ1) is 12.7. The van der Waals surface area contributed by atoms with E-state index in [-0.39, 0.29) is 0 Å². The van der Waals surface area contributed by atoms with Crippen molar-refractivity contribution in [3.05, 3.63) is 28.8 Å². The molecule has 1 aliphatic rings. The Labute approximate surface area is 109 Å². The first-order chi connectivity index (χ1) is 8.26. The van der Waals surface area contributed by atoms with Crippen molar-refractivity contribution in [3.8, 4) is 0 Å². The molecule has 0 saturated carbocycles. The quantitative estimate of drug-likeness (QED) is 0.885. The van der Waals surface area contributed by atoms with Gasteiger partial charge in [-0.15, -0.1) is 0 Å². The van der Waals surface area contributed by atoms with Gasteiger partial charge >= 0.3 is 0 Å². The van der Waals surface area contributed by atoms with E-state index in [4.69, 9.17) is 11.6 Å². The lowest BCUT2D eigenvalue weighted by atomic mass is 10.1. The summed E-state index contributed by atoms with van der Waals surface area (Å²) in [4.78, 5) is 2.45. The second-order valence-corrected chi connectivity index (χ2v) is 5.19. The number of nitrogens with zero attached hydrogens (tertiary/aromatic N) is 1. The zero-order chi connectivity index (χ0) is 12.3. The molecule has 2 nitrogen and oxygen atoms in total. The van der Waals surface area contributed by atoms with Crippen LogP contribution >= 0.6 is 11.6 Å². The predicted octanol–water partition coefficient (Wildman–Crippen LogP) is 3.30. The Morgan fingerprint density at radius 2 is 2.29 bits per heavy atom. The summed E-state index contributed by atoms with van der Waals surface area (Å²) in [7, 11) is 1.98. The molecule has 0 spiro atoms. The fraction of sp³-hybridized carbons (Fsp3) is 0.571. The summed E-state index contributed by atoms with van der Waals surface area (Å²) >= 11 is 6.37. The second-order valence-electron chi connectivity index (χ2n) is 4.79. The molecule has 0 amide bonds. The molecule has 2 rings (SSSR count). The van der Waals surface area contributed by atoms with Gasteiger partial charge in [0.15, 0.2) is 0 Å². The summed E-state index contributed by atoms with van der Waals surface area (Å²) < 4.78 is 0. The molecule has 1 aromatic carbocycles. The molecular formula is C14H21ClN2. The number of halogens is 1. The minimum Gasteiger partial charge on any atom is -0.370 e. The SMILES string of the molecule is CCC1CCN(c2c(Cl)cccc2CNC)C1. The van der Waals surface area contributed by atoms with Crippen LogP contribution in [-0.4, -0.2) is 20.1 Å². The van der Waals surface area contributed by atoms with Crippen LogP contribution < -0.4 is 10.2 Å². The Balaban J connectivity index is 2.24. The number of hydrogen-bond donors (Lipinski definition) is 1. The van der Waals surface area contributed by atoms with Gasteiger partial charge in [0, 0.05) is 19.6 Å². The fourth-order valence-corrected chi connectivity index (χ4v) is 2.93. The van der Waals surface area contributed by atoms with Crippen molar-refractivity contribution in [2.75, 3.05) is 25.0 Å². The Kier molecular flexibility index (Phi) is 4.30. The van der Waals surface area contributed by atoms with Crippen LogP contribution in [0.5, 0.6) is 0 Å². The van der Waals surface area contributed by atoms with Crippen LogP contribution in [0.2, 0.25) is 5.02 Å². The predicted molar refractivity (Wildman–Crippen MR) is 74.8 cm³/mol. The molecule has 17 heavy (non-hydrogen) atoms. The summed E-state index contributed by atoms with van der Waals surface area (Å²) in [6.45, 7) is 5.44. The van der Waals surface area contributed by atoms with Gasteiger partial charge in [-0.05, 0) is 31.0 Å². The average Bonchev–Trinajstić information content (AvgIpc) is 2.78. The highest BCUT2D eigenvalue weighted by Crippen LogP contribution is 2.34. The zero-order valence-electron chi connectivity index (χ0n) is 10.7. The standard InChI is InChI=1S/C14H21ClN2/c1-3-11-7-8-17(10-11)14-12(9-16-2)5-4-6-13(14)15/h4-6,11,16H,3,7-10H2,1-2H3. The minimum absolute atomic E-state index is 0.828. The number of rotatable bonds is 4. The molecule has 1 N–H and O–H groups in total. The van der Waals surface area contributed by atoms with Crippen molar-refractivity contribution < 1.29 is 0 Å². The van der Waals surface area contributed by atoms with Gasteiger partial charge < -0.3 is 10.2 Å². The second kappa shape index (κ2) is 5.74. The van der Waals surface area contributed by atoms with E-state index >= 15 is 0 Å². The molecule has 1 atom stereocenters. The summed E-state index contributed by atoms with van der Waals surface area (Å²) in [5.41, 5.74) is 2.54. The smallest absolute Gasteiger partial charge is 0.0642 e. The molecule has 1 heterocycles. The van der Waals surface area contributed by atoms with E-state index in [0.29, 0.717) is 0 Å². The molecule has 0 bridgehead atoms. The summed E-state index contributed by atoms with van der Waals surface area (Å²) in [6, 6.07) is 6.19. The zero-order valence-corrected chi connectivity index (χ0v) is 11.4. The van der Waals surface area contributed by atoms with Crippen molar-refractivity contribution in [3.63, 3.8) is 0 Å². The van der Waals surface area contributed by atoms with Crippen LogP contribution in [0.3, 0.4) is 0 Å². The number of para-hydroxylation sites is 1. The van der Waals surface area contributed by atoms with Gasteiger partial charge in [0.2, 0.25) is 0 Å². The normalized spacial score (nSPS) is 19.9. The Morgan fingerprint density at radius 1 is 1.47 bits per heavy atom. The highest BCUT2D eigenvalue weighted by molar-refractivity contribution is 6.33. The van der Waals surface area contributed by atoms with Gasteiger partial charge in [-0.3, -0.25) is 0 Å². The van der Waals surface area contributed by atoms with Crippen LogP contribution in [0.15, 0.2) is 18.2 Å². The number of benzene rings is 1. The van der Waals surface area contributed by atoms with Gasteiger partial charge in [-0.2, -0.15) is 0 Å². The Bertz CT molecular complexity index is 378. The van der Waals surface area contributed by atoms with Crippen molar-refractivity contribution in [1.29, 1.82) is 0 Å². The highest BCUT2D eigenvalue weighted by Gasteiger charge is 2.24. The molecule has 3 heteroatoms. The monoisotopic (exact) mass is 252 g/mol. The van der Waals surface area contributed by atoms with Crippen LogP contribution in [0.4, 0.5) is 5.69 Å². The Morgan fingerprint density at radius 3 is 2.94 bits per heavy atom. The number of nitrogens with one attached hydrogen (secondary N) is 1. The van der Waals surface area contributed by atoms with Crippen LogP contribution in [-0.2, 0) is 6.54 Å². The molecule has 1 fully saturated rings. The van der Waals surface area contributed by atoms with E-state index in [1.807, 2.05) is 19.2 Å². The largest absolute Gasteiger partial charge is 0.370 e. The average molecular weight is 253 g/mol. The highest BCUT2D eigenvalue weighted by atomic mass is 35.5. The number of hydrogen-bond acceptors (Lipinski definition) is 2. The lowest BCUT2D eigenvalue weighted by molar-refractivity contribution is 0.569. The van der Waals surface area contributed by atoms with E-state index in [1.165, 1.54) is 24.1 Å². The van der Waals surface area contributed by atoms with Crippen LogP contribution in [0.25, 0.3) is 0 Å². The number of anilines is 1. The lowest BCUT2D eigenvalue weighted by Gasteiger charge is -2.23. The fourth-order valence-electron chi connectivity index (χ4n) is 2.62. The maximum Gasteiger partial charge on any atom is 0.0642 e. The van der Waals surface area contributed by atoms with Crippen molar-refractivity contribution in [2.24, 2.45) is 5.92 Å². The molecule has 1 unspecified atom stereocenters. The topological polar surface area (TPSA) is 15.3 Å². The van der Waals surface area contributed by atoms with E-state index in [0.717, 1.165) is 30.6 Å².